The van der Waals surface area contributed by atoms with E-state index in [9.17, 15) is 8.60 Å². The lowest BCUT2D eigenvalue weighted by molar-refractivity contribution is 0.626. The van der Waals surface area contributed by atoms with E-state index in [1.165, 1.54) is 12.1 Å². The minimum atomic E-state index is -1.06. The number of rotatable bonds is 4. The van der Waals surface area contributed by atoms with Gasteiger partial charge in [-0.3, -0.25) is 4.21 Å². The molecule has 0 saturated heterocycles. The van der Waals surface area contributed by atoms with Gasteiger partial charge in [0.15, 0.2) is 0 Å². The standard InChI is InChI=1S/C14H12ClFOS/c15-13-5-1-3-11(7-13)9-18(17)10-12-4-2-6-14(16)8-12/h1-8H,9-10H2. The van der Waals surface area contributed by atoms with Gasteiger partial charge in [0.05, 0.1) is 0 Å². The summed E-state index contributed by atoms with van der Waals surface area (Å²) < 4.78 is 24.9. The van der Waals surface area contributed by atoms with Crippen molar-refractivity contribution in [1.82, 2.24) is 0 Å². The van der Waals surface area contributed by atoms with Crippen molar-refractivity contribution in [2.24, 2.45) is 0 Å². The predicted octanol–water partition coefficient (Wildman–Crippen LogP) is 3.93. The average Bonchev–Trinajstić information content (AvgIpc) is 2.28. The summed E-state index contributed by atoms with van der Waals surface area (Å²) in [6.07, 6.45) is 0. The zero-order chi connectivity index (χ0) is 13.0. The third-order valence-electron chi connectivity index (χ3n) is 2.43. The summed E-state index contributed by atoms with van der Waals surface area (Å²) >= 11 is 5.86. The lowest BCUT2D eigenvalue weighted by Crippen LogP contribution is -1.99. The summed E-state index contributed by atoms with van der Waals surface area (Å²) in [6, 6.07) is 13.5. The number of benzene rings is 2. The highest BCUT2D eigenvalue weighted by Crippen LogP contribution is 2.14. The van der Waals surface area contributed by atoms with E-state index in [2.05, 4.69) is 0 Å². The lowest BCUT2D eigenvalue weighted by Gasteiger charge is -2.03. The molecule has 0 saturated carbocycles. The van der Waals surface area contributed by atoms with E-state index in [0.29, 0.717) is 16.5 Å². The highest BCUT2D eigenvalue weighted by molar-refractivity contribution is 7.83. The van der Waals surface area contributed by atoms with Crippen molar-refractivity contribution in [3.8, 4) is 0 Å². The molecular weight excluding hydrogens is 271 g/mol. The van der Waals surface area contributed by atoms with Crippen LogP contribution in [0.2, 0.25) is 5.02 Å². The first-order valence-corrected chi connectivity index (χ1v) is 7.34. The average molecular weight is 283 g/mol. The first kappa shape index (κ1) is 13.2. The van der Waals surface area contributed by atoms with Crippen LogP contribution in [-0.4, -0.2) is 4.21 Å². The van der Waals surface area contributed by atoms with Crippen LogP contribution in [0.3, 0.4) is 0 Å². The zero-order valence-electron chi connectivity index (χ0n) is 9.61. The molecule has 0 aliphatic carbocycles. The molecule has 2 aromatic carbocycles. The van der Waals surface area contributed by atoms with E-state index in [1.807, 2.05) is 12.1 Å². The van der Waals surface area contributed by atoms with Gasteiger partial charge in [0.2, 0.25) is 0 Å². The molecule has 0 heterocycles. The molecule has 1 atom stereocenters. The Bertz CT molecular complexity index is 522. The van der Waals surface area contributed by atoms with E-state index in [-0.39, 0.29) is 5.82 Å². The van der Waals surface area contributed by atoms with Gasteiger partial charge in [-0.2, -0.15) is 0 Å². The van der Waals surface area contributed by atoms with E-state index < -0.39 is 10.8 Å². The van der Waals surface area contributed by atoms with Crippen molar-refractivity contribution in [3.63, 3.8) is 0 Å². The molecule has 2 rings (SSSR count). The van der Waals surface area contributed by atoms with Crippen molar-refractivity contribution in [2.45, 2.75) is 11.5 Å². The molecule has 0 aliphatic rings. The van der Waals surface area contributed by atoms with Crippen LogP contribution in [0, 0.1) is 5.82 Å². The van der Waals surface area contributed by atoms with Gasteiger partial charge in [0, 0.05) is 27.3 Å². The molecular formula is C14H12ClFOS. The Morgan fingerprint density at radius 1 is 1.00 bits per heavy atom. The Labute approximate surface area is 113 Å². The Hall–Kier alpha value is -1.19. The summed E-state index contributed by atoms with van der Waals surface area (Å²) in [4.78, 5) is 0. The number of halogens is 2. The van der Waals surface area contributed by atoms with Crippen LogP contribution in [-0.2, 0) is 22.3 Å². The van der Waals surface area contributed by atoms with E-state index in [0.717, 1.165) is 11.1 Å². The monoisotopic (exact) mass is 282 g/mol. The van der Waals surface area contributed by atoms with Gasteiger partial charge < -0.3 is 0 Å². The third kappa shape index (κ3) is 3.93. The highest BCUT2D eigenvalue weighted by Gasteiger charge is 2.04. The smallest absolute Gasteiger partial charge is 0.123 e. The maximum atomic E-state index is 13.0. The maximum absolute atomic E-state index is 13.0. The van der Waals surface area contributed by atoms with Gasteiger partial charge in [-0.15, -0.1) is 0 Å². The van der Waals surface area contributed by atoms with Gasteiger partial charge in [-0.25, -0.2) is 4.39 Å². The predicted molar refractivity (Wildman–Crippen MR) is 73.4 cm³/mol. The second kappa shape index (κ2) is 6.12. The number of hydrogen-bond donors (Lipinski definition) is 0. The van der Waals surface area contributed by atoms with Crippen LogP contribution >= 0.6 is 11.6 Å². The van der Waals surface area contributed by atoms with Gasteiger partial charge >= 0.3 is 0 Å². The molecule has 1 nitrogen and oxygen atoms in total. The fourth-order valence-corrected chi connectivity index (χ4v) is 3.09. The Balaban J connectivity index is 2.01. The van der Waals surface area contributed by atoms with Crippen LogP contribution in [0.4, 0.5) is 4.39 Å². The molecule has 0 bridgehead atoms. The fraction of sp³-hybridized carbons (Fsp3) is 0.143. The fourth-order valence-electron chi connectivity index (χ4n) is 1.68. The van der Waals surface area contributed by atoms with Gasteiger partial charge in [-0.05, 0) is 35.4 Å². The second-order valence-electron chi connectivity index (χ2n) is 3.99. The molecule has 0 radical (unpaired) electrons. The minimum Gasteiger partial charge on any atom is -0.259 e. The number of hydrogen-bond acceptors (Lipinski definition) is 1. The second-order valence-corrected chi connectivity index (χ2v) is 5.88. The van der Waals surface area contributed by atoms with Crippen molar-refractivity contribution in [1.29, 1.82) is 0 Å². The molecule has 18 heavy (non-hydrogen) atoms. The van der Waals surface area contributed by atoms with Crippen molar-refractivity contribution >= 4 is 22.4 Å². The summed E-state index contributed by atoms with van der Waals surface area (Å²) in [5.74, 6) is 0.480. The quantitative estimate of drug-likeness (QED) is 0.830. The van der Waals surface area contributed by atoms with E-state index in [4.69, 9.17) is 11.6 Å². The normalized spacial score (nSPS) is 12.3. The zero-order valence-corrected chi connectivity index (χ0v) is 11.2. The molecule has 0 aliphatic heterocycles. The third-order valence-corrected chi connectivity index (χ3v) is 3.98. The van der Waals surface area contributed by atoms with E-state index in [1.54, 1.807) is 24.3 Å². The van der Waals surface area contributed by atoms with Gasteiger partial charge in [0.25, 0.3) is 0 Å². The van der Waals surface area contributed by atoms with Crippen LogP contribution in [0.25, 0.3) is 0 Å². The SMILES string of the molecule is O=S(Cc1cccc(F)c1)Cc1cccc(Cl)c1. The van der Waals surface area contributed by atoms with Gasteiger partial charge in [-0.1, -0.05) is 35.9 Å². The summed E-state index contributed by atoms with van der Waals surface area (Å²) in [5, 5.41) is 0.634. The molecule has 0 amide bonds. The Morgan fingerprint density at radius 2 is 1.61 bits per heavy atom. The van der Waals surface area contributed by atoms with Gasteiger partial charge in [0.1, 0.15) is 5.82 Å². The van der Waals surface area contributed by atoms with Crippen LogP contribution in [0.1, 0.15) is 11.1 Å². The molecule has 0 fully saturated rings. The summed E-state index contributed by atoms with van der Waals surface area (Å²) in [6.45, 7) is 0. The molecule has 2 aromatic rings. The molecule has 0 aromatic heterocycles. The van der Waals surface area contributed by atoms with Crippen LogP contribution < -0.4 is 0 Å². The molecule has 0 N–H and O–H groups in total. The molecule has 1 unspecified atom stereocenters. The van der Waals surface area contributed by atoms with Crippen molar-refractivity contribution in [3.05, 3.63) is 70.5 Å². The lowest BCUT2D eigenvalue weighted by atomic mass is 10.2. The van der Waals surface area contributed by atoms with Crippen molar-refractivity contribution < 1.29 is 8.60 Å². The van der Waals surface area contributed by atoms with Crippen molar-refractivity contribution in [2.75, 3.05) is 0 Å². The minimum absolute atomic E-state index is 0.299. The molecule has 0 spiro atoms. The van der Waals surface area contributed by atoms with Crippen LogP contribution in [0.5, 0.6) is 0 Å². The maximum Gasteiger partial charge on any atom is 0.123 e. The Kier molecular flexibility index (Phi) is 4.50. The summed E-state index contributed by atoms with van der Waals surface area (Å²) in [5.41, 5.74) is 1.67. The largest absolute Gasteiger partial charge is 0.259 e. The van der Waals surface area contributed by atoms with Crippen LogP contribution in [0.15, 0.2) is 48.5 Å². The Morgan fingerprint density at radius 3 is 2.22 bits per heavy atom. The topological polar surface area (TPSA) is 17.1 Å². The molecule has 4 heteroatoms. The summed E-state index contributed by atoms with van der Waals surface area (Å²) in [7, 11) is -1.06. The highest BCUT2D eigenvalue weighted by atomic mass is 35.5. The first-order valence-electron chi connectivity index (χ1n) is 5.47. The molecule has 94 valence electrons. The first-order chi connectivity index (χ1) is 8.63. The van der Waals surface area contributed by atoms with E-state index >= 15 is 0 Å².